The van der Waals surface area contributed by atoms with Gasteiger partial charge in [-0.05, 0) is 41.7 Å². The van der Waals surface area contributed by atoms with Gasteiger partial charge in [0.05, 0.1) is 16.9 Å². The molecule has 0 saturated heterocycles. The topological polar surface area (TPSA) is 65.4 Å². The Bertz CT molecular complexity index is 887. The predicted molar refractivity (Wildman–Crippen MR) is 80.9 cm³/mol. The first kappa shape index (κ1) is 12.4. The van der Waals surface area contributed by atoms with Crippen molar-refractivity contribution in [2.75, 3.05) is 0 Å². The van der Waals surface area contributed by atoms with Crippen molar-refractivity contribution in [2.45, 2.75) is 18.3 Å². The molecule has 1 aromatic carbocycles. The maximum atomic E-state index is 9.36. The fourth-order valence-corrected chi connectivity index (χ4v) is 2.95. The Morgan fingerprint density at radius 1 is 1.29 bits per heavy atom. The molecule has 0 amide bonds. The van der Waals surface area contributed by atoms with Crippen LogP contribution in [0.1, 0.15) is 18.4 Å². The van der Waals surface area contributed by atoms with E-state index < -0.39 is 0 Å². The Morgan fingerprint density at radius 3 is 2.90 bits per heavy atom. The molecule has 0 atom stereocenters. The van der Waals surface area contributed by atoms with E-state index >= 15 is 0 Å². The van der Waals surface area contributed by atoms with E-state index in [2.05, 4.69) is 27.3 Å². The number of rotatable bonds is 2. The molecule has 1 fully saturated rings. The lowest BCUT2D eigenvalue weighted by Gasteiger charge is -2.09. The fourth-order valence-electron chi connectivity index (χ4n) is 2.72. The third kappa shape index (κ3) is 1.82. The van der Waals surface area contributed by atoms with Gasteiger partial charge in [0.25, 0.3) is 0 Å². The Kier molecular flexibility index (Phi) is 2.54. The molecule has 1 aliphatic rings. The molecule has 21 heavy (non-hydrogen) atoms. The van der Waals surface area contributed by atoms with Crippen LogP contribution in [0.3, 0.4) is 0 Å². The SMILES string of the molecule is N#CC1(c2cccc(-c3ccnc4n[nH]c(Cl)c34)c2)CC1. The lowest BCUT2D eigenvalue weighted by Crippen LogP contribution is -2.02. The van der Waals surface area contributed by atoms with Gasteiger partial charge >= 0.3 is 0 Å². The van der Waals surface area contributed by atoms with Crippen LogP contribution in [0.25, 0.3) is 22.2 Å². The van der Waals surface area contributed by atoms with Gasteiger partial charge in [0.1, 0.15) is 5.15 Å². The molecule has 4 rings (SSSR count). The van der Waals surface area contributed by atoms with Crippen molar-refractivity contribution in [1.82, 2.24) is 15.2 Å². The Morgan fingerprint density at radius 2 is 2.14 bits per heavy atom. The third-order valence-corrected chi connectivity index (χ3v) is 4.37. The fraction of sp³-hybridized carbons (Fsp3) is 0.188. The van der Waals surface area contributed by atoms with E-state index in [1.807, 2.05) is 24.3 Å². The number of fused-ring (bicyclic) bond motifs is 1. The summed E-state index contributed by atoms with van der Waals surface area (Å²) in [5, 5.41) is 17.5. The van der Waals surface area contributed by atoms with Crippen molar-refractivity contribution in [3.63, 3.8) is 0 Å². The normalized spacial score (nSPS) is 15.8. The number of nitriles is 1. The second-order valence-corrected chi connectivity index (χ2v) is 5.75. The van der Waals surface area contributed by atoms with Gasteiger partial charge in [-0.15, -0.1) is 0 Å². The maximum Gasteiger partial charge on any atom is 0.183 e. The molecular formula is C16H11ClN4. The highest BCUT2D eigenvalue weighted by molar-refractivity contribution is 6.35. The zero-order chi connectivity index (χ0) is 14.4. The standard InChI is InChI=1S/C16H11ClN4/c17-14-13-12(4-7-19-15(13)21-20-14)10-2-1-3-11(8-10)16(9-18)5-6-16/h1-4,7-8H,5-6H2,(H,19,20,21). The molecular weight excluding hydrogens is 284 g/mol. The number of aromatic nitrogens is 3. The lowest BCUT2D eigenvalue weighted by atomic mass is 9.93. The van der Waals surface area contributed by atoms with Crippen LogP contribution in [0.5, 0.6) is 0 Å². The van der Waals surface area contributed by atoms with Gasteiger partial charge in [-0.1, -0.05) is 29.8 Å². The molecule has 1 aliphatic carbocycles. The smallest absolute Gasteiger partial charge is 0.183 e. The summed E-state index contributed by atoms with van der Waals surface area (Å²) < 4.78 is 0. The van der Waals surface area contributed by atoms with Gasteiger partial charge < -0.3 is 0 Å². The molecule has 3 aromatic rings. The number of hydrogen-bond acceptors (Lipinski definition) is 3. The minimum absolute atomic E-state index is 0.289. The molecule has 2 aromatic heterocycles. The number of hydrogen-bond donors (Lipinski definition) is 1. The Balaban J connectivity index is 1.92. The number of H-pyrrole nitrogens is 1. The average molecular weight is 295 g/mol. The highest BCUT2D eigenvalue weighted by Crippen LogP contribution is 2.48. The van der Waals surface area contributed by atoms with E-state index in [9.17, 15) is 5.26 Å². The van der Waals surface area contributed by atoms with E-state index in [1.54, 1.807) is 6.20 Å². The van der Waals surface area contributed by atoms with Crippen molar-refractivity contribution in [2.24, 2.45) is 0 Å². The second kappa shape index (κ2) is 4.31. The summed E-state index contributed by atoms with van der Waals surface area (Å²) in [7, 11) is 0. The van der Waals surface area contributed by atoms with Crippen LogP contribution in [-0.2, 0) is 5.41 Å². The van der Waals surface area contributed by atoms with Crippen LogP contribution in [0, 0.1) is 11.3 Å². The van der Waals surface area contributed by atoms with E-state index in [-0.39, 0.29) is 5.41 Å². The zero-order valence-corrected chi connectivity index (χ0v) is 11.9. The molecule has 5 heteroatoms. The molecule has 0 spiro atoms. The van der Waals surface area contributed by atoms with Gasteiger partial charge in [-0.3, -0.25) is 5.10 Å². The van der Waals surface area contributed by atoms with Gasteiger partial charge in [0.2, 0.25) is 0 Å². The first-order chi connectivity index (χ1) is 10.2. The number of aromatic amines is 1. The first-order valence-corrected chi connectivity index (χ1v) is 7.12. The number of nitrogens with one attached hydrogen (secondary N) is 1. The quantitative estimate of drug-likeness (QED) is 0.781. The number of halogens is 1. The van der Waals surface area contributed by atoms with Crippen LogP contribution in [0.15, 0.2) is 36.5 Å². The van der Waals surface area contributed by atoms with Crippen LogP contribution in [-0.4, -0.2) is 15.2 Å². The minimum Gasteiger partial charge on any atom is -0.264 e. The van der Waals surface area contributed by atoms with Crippen molar-refractivity contribution >= 4 is 22.6 Å². The molecule has 1 N–H and O–H groups in total. The maximum absolute atomic E-state index is 9.36. The van der Waals surface area contributed by atoms with Crippen molar-refractivity contribution in [3.05, 3.63) is 47.2 Å². The van der Waals surface area contributed by atoms with Crippen LogP contribution in [0.4, 0.5) is 0 Å². The van der Waals surface area contributed by atoms with E-state index in [1.165, 1.54) is 0 Å². The van der Waals surface area contributed by atoms with E-state index in [4.69, 9.17) is 11.6 Å². The van der Waals surface area contributed by atoms with Crippen molar-refractivity contribution < 1.29 is 0 Å². The number of nitrogens with zero attached hydrogens (tertiary/aromatic N) is 3. The van der Waals surface area contributed by atoms with Gasteiger partial charge in [0.15, 0.2) is 5.65 Å². The van der Waals surface area contributed by atoms with Crippen molar-refractivity contribution in [3.8, 4) is 17.2 Å². The Labute approximate surface area is 126 Å². The molecule has 0 bridgehead atoms. The lowest BCUT2D eigenvalue weighted by molar-refractivity contribution is 0.909. The number of pyridine rings is 1. The monoisotopic (exact) mass is 294 g/mol. The second-order valence-electron chi connectivity index (χ2n) is 5.37. The molecule has 0 radical (unpaired) electrons. The summed E-state index contributed by atoms with van der Waals surface area (Å²) >= 11 is 6.19. The highest BCUT2D eigenvalue weighted by atomic mass is 35.5. The summed E-state index contributed by atoms with van der Waals surface area (Å²) in [5.74, 6) is 0. The van der Waals surface area contributed by atoms with E-state index in [0.29, 0.717) is 10.8 Å². The minimum atomic E-state index is -0.289. The molecule has 0 unspecified atom stereocenters. The zero-order valence-electron chi connectivity index (χ0n) is 11.1. The molecule has 102 valence electrons. The van der Waals surface area contributed by atoms with Gasteiger partial charge in [-0.25, -0.2) is 4.98 Å². The molecule has 4 nitrogen and oxygen atoms in total. The summed E-state index contributed by atoms with van der Waals surface area (Å²) in [5.41, 5.74) is 3.40. The average Bonchev–Trinajstić information content (AvgIpc) is 3.25. The van der Waals surface area contributed by atoms with Gasteiger partial charge in [-0.2, -0.15) is 10.4 Å². The summed E-state index contributed by atoms with van der Waals surface area (Å²) in [6, 6.07) is 12.5. The largest absolute Gasteiger partial charge is 0.264 e. The molecule has 2 heterocycles. The first-order valence-electron chi connectivity index (χ1n) is 6.74. The van der Waals surface area contributed by atoms with Crippen LogP contribution in [0.2, 0.25) is 5.15 Å². The predicted octanol–water partition coefficient (Wildman–Crippen LogP) is 3.83. The van der Waals surface area contributed by atoms with E-state index in [0.717, 1.165) is 34.9 Å². The van der Waals surface area contributed by atoms with Gasteiger partial charge in [0, 0.05) is 6.20 Å². The summed E-state index contributed by atoms with van der Waals surface area (Å²) in [6.07, 6.45) is 3.59. The summed E-state index contributed by atoms with van der Waals surface area (Å²) in [4.78, 5) is 4.21. The molecule has 0 aliphatic heterocycles. The van der Waals surface area contributed by atoms with Crippen LogP contribution < -0.4 is 0 Å². The molecule has 1 saturated carbocycles. The Hall–Kier alpha value is -2.38. The summed E-state index contributed by atoms with van der Waals surface area (Å²) in [6.45, 7) is 0. The van der Waals surface area contributed by atoms with Crippen LogP contribution >= 0.6 is 11.6 Å². The third-order valence-electron chi connectivity index (χ3n) is 4.10. The highest BCUT2D eigenvalue weighted by Gasteiger charge is 2.44. The number of benzene rings is 1. The van der Waals surface area contributed by atoms with Crippen molar-refractivity contribution in [1.29, 1.82) is 5.26 Å².